The standard InChI is InChI=1S/C15H22BrFN2/c1-3-19-8-4-5-13(19)10-18-11(2)14-7-6-12(16)9-15(14)17/h6-7,9,11,13,18H,3-5,8,10H2,1-2H3. The summed E-state index contributed by atoms with van der Waals surface area (Å²) in [5, 5.41) is 3.47. The van der Waals surface area contributed by atoms with Crippen LogP contribution in [0.4, 0.5) is 4.39 Å². The van der Waals surface area contributed by atoms with E-state index in [9.17, 15) is 4.39 Å². The van der Waals surface area contributed by atoms with Crippen LogP contribution in [-0.2, 0) is 0 Å². The van der Waals surface area contributed by atoms with Gasteiger partial charge in [-0.1, -0.05) is 28.9 Å². The van der Waals surface area contributed by atoms with Crippen molar-refractivity contribution in [2.24, 2.45) is 0 Å². The molecule has 2 rings (SSSR count). The van der Waals surface area contributed by atoms with Gasteiger partial charge in [-0.15, -0.1) is 0 Å². The van der Waals surface area contributed by atoms with Gasteiger partial charge in [0.05, 0.1) is 0 Å². The smallest absolute Gasteiger partial charge is 0.129 e. The highest BCUT2D eigenvalue weighted by Crippen LogP contribution is 2.22. The van der Waals surface area contributed by atoms with Crippen LogP contribution in [0.5, 0.6) is 0 Å². The molecule has 2 atom stereocenters. The molecule has 0 bridgehead atoms. The average molecular weight is 329 g/mol. The maximum atomic E-state index is 13.9. The van der Waals surface area contributed by atoms with Gasteiger partial charge in [-0.2, -0.15) is 0 Å². The molecule has 1 aromatic rings. The number of likely N-dealkylation sites (tertiary alicyclic amines) is 1. The Hall–Kier alpha value is -0.450. The Kier molecular flexibility index (Phi) is 5.37. The van der Waals surface area contributed by atoms with Crippen molar-refractivity contribution >= 4 is 15.9 Å². The van der Waals surface area contributed by atoms with Crippen LogP contribution in [-0.4, -0.2) is 30.6 Å². The maximum absolute atomic E-state index is 13.9. The number of likely N-dealkylation sites (N-methyl/N-ethyl adjacent to an activating group) is 1. The topological polar surface area (TPSA) is 15.3 Å². The van der Waals surface area contributed by atoms with Crippen LogP contribution in [0.3, 0.4) is 0 Å². The van der Waals surface area contributed by atoms with Gasteiger partial charge in [0.2, 0.25) is 0 Å². The summed E-state index contributed by atoms with van der Waals surface area (Å²) in [7, 11) is 0. The van der Waals surface area contributed by atoms with Crippen LogP contribution < -0.4 is 5.32 Å². The monoisotopic (exact) mass is 328 g/mol. The highest BCUT2D eigenvalue weighted by atomic mass is 79.9. The summed E-state index contributed by atoms with van der Waals surface area (Å²) < 4.78 is 14.6. The Morgan fingerprint density at radius 2 is 2.32 bits per heavy atom. The molecule has 0 aromatic heterocycles. The van der Waals surface area contributed by atoms with Crippen LogP contribution in [0.1, 0.15) is 38.3 Å². The quantitative estimate of drug-likeness (QED) is 0.886. The summed E-state index contributed by atoms with van der Waals surface area (Å²) in [5.41, 5.74) is 0.740. The molecule has 2 unspecified atom stereocenters. The summed E-state index contributed by atoms with van der Waals surface area (Å²) in [5.74, 6) is -0.145. The predicted molar refractivity (Wildman–Crippen MR) is 80.8 cm³/mol. The van der Waals surface area contributed by atoms with E-state index >= 15 is 0 Å². The molecule has 0 spiro atoms. The van der Waals surface area contributed by atoms with Gasteiger partial charge < -0.3 is 5.32 Å². The summed E-state index contributed by atoms with van der Waals surface area (Å²) in [6, 6.07) is 5.92. The fraction of sp³-hybridized carbons (Fsp3) is 0.600. The fourth-order valence-corrected chi connectivity index (χ4v) is 3.15. The van der Waals surface area contributed by atoms with Crippen LogP contribution in [0.25, 0.3) is 0 Å². The van der Waals surface area contributed by atoms with E-state index in [-0.39, 0.29) is 11.9 Å². The van der Waals surface area contributed by atoms with E-state index in [4.69, 9.17) is 0 Å². The molecule has 0 radical (unpaired) electrons. The van der Waals surface area contributed by atoms with Crippen molar-refractivity contribution < 1.29 is 4.39 Å². The van der Waals surface area contributed by atoms with Gasteiger partial charge in [0, 0.05) is 28.7 Å². The lowest BCUT2D eigenvalue weighted by Crippen LogP contribution is -2.38. The number of benzene rings is 1. The molecule has 1 N–H and O–H groups in total. The molecule has 0 aliphatic carbocycles. The molecule has 19 heavy (non-hydrogen) atoms. The zero-order valence-electron chi connectivity index (χ0n) is 11.6. The first kappa shape index (κ1) is 14.9. The second-order valence-corrected chi connectivity index (χ2v) is 6.14. The van der Waals surface area contributed by atoms with Gasteiger partial charge in [0.25, 0.3) is 0 Å². The zero-order valence-corrected chi connectivity index (χ0v) is 13.2. The minimum absolute atomic E-state index is 0.0485. The molecule has 4 heteroatoms. The van der Waals surface area contributed by atoms with Gasteiger partial charge in [-0.3, -0.25) is 4.90 Å². The maximum Gasteiger partial charge on any atom is 0.129 e. The van der Waals surface area contributed by atoms with E-state index in [1.807, 2.05) is 19.1 Å². The lowest BCUT2D eigenvalue weighted by molar-refractivity contribution is 0.255. The largest absolute Gasteiger partial charge is 0.309 e. The number of hydrogen-bond donors (Lipinski definition) is 1. The Balaban J connectivity index is 1.92. The van der Waals surface area contributed by atoms with E-state index in [0.717, 1.165) is 23.1 Å². The molecule has 0 saturated carbocycles. The molecule has 1 fully saturated rings. The SMILES string of the molecule is CCN1CCCC1CNC(C)c1ccc(Br)cc1F. The molecule has 1 aromatic carbocycles. The van der Waals surface area contributed by atoms with Gasteiger partial charge in [-0.25, -0.2) is 4.39 Å². The Labute approximate surface area is 123 Å². The second kappa shape index (κ2) is 6.82. The van der Waals surface area contributed by atoms with Crippen molar-refractivity contribution in [2.75, 3.05) is 19.6 Å². The van der Waals surface area contributed by atoms with E-state index in [2.05, 4.69) is 33.1 Å². The summed E-state index contributed by atoms with van der Waals surface area (Å²) in [6.45, 7) is 7.47. The van der Waals surface area contributed by atoms with Crippen LogP contribution in [0, 0.1) is 5.82 Å². The van der Waals surface area contributed by atoms with Crippen molar-refractivity contribution in [3.05, 3.63) is 34.1 Å². The van der Waals surface area contributed by atoms with Crippen molar-refractivity contribution in [1.82, 2.24) is 10.2 Å². The van der Waals surface area contributed by atoms with Crippen molar-refractivity contribution in [3.63, 3.8) is 0 Å². The number of nitrogens with zero attached hydrogens (tertiary/aromatic N) is 1. The number of hydrogen-bond acceptors (Lipinski definition) is 2. The average Bonchev–Trinajstić information content (AvgIpc) is 2.83. The third-order valence-corrected chi connectivity index (χ3v) is 4.49. The lowest BCUT2D eigenvalue weighted by Gasteiger charge is -2.25. The van der Waals surface area contributed by atoms with Crippen LogP contribution in [0.15, 0.2) is 22.7 Å². The van der Waals surface area contributed by atoms with Crippen molar-refractivity contribution in [2.45, 2.75) is 38.8 Å². The second-order valence-electron chi connectivity index (χ2n) is 5.22. The number of halogens is 2. The van der Waals surface area contributed by atoms with Gasteiger partial charge in [0.1, 0.15) is 5.82 Å². The molecule has 2 nitrogen and oxygen atoms in total. The van der Waals surface area contributed by atoms with Gasteiger partial charge >= 0.3 is 0 Å². The third kappa shape index (κ3) is 3.77. The molecular weight excluding hydrogens is 307 g/mol. The Bertz CT molecular complexity index is 425. The number of rotatable bonds is 5. The molecule has 1 saturated heterocycles. The predicted octanol–water partition coefficient (Wildman–Crippen LogP) is 3.72. The zero-order chi connectivity index (χ0) is 13.8. The molecule has 1 aliphatic heterocycles. The Morgan fingerprint density at radius 1 is 1.53 bits per heavy atom. The number of nitrogens with one attached hydrogen (secondary N) is 1. The van der Waals surface area contributed by atoms with Crippen LogP contribution in [0.2, 0.25) is 0 Å². The van der Waals surface area contributed by atoms with Gasteiger partial charge in [-0.05, 0) is 45.0 Å². The van der Waals surface area contributed by atoms with E-state index < -0.39 is 0 Å². The van der Waals surface area contributed by atoms with Crippen molar-refractivity contribution in [3.8, 4) is 0 Å². The summed E-state index contributed by atoms with van der Waals surface area (Å²) in [6.07, 6.45) is 2.53. The summed E-state index contributed by atoms with van der Waals surface area (Å²) in [4.78, 5) is 2.50. The molecule has 1 heterocycles. The fourth-order valence-electron chi connectivity index (χ4n) is 2.82. The minimum Gasteiger partial charge on any atom is -0.309 e. The highest BCUT2D eigenvalue weighted by Gasteiger charge is 2.23. The lowest BCUT2D eigenvalue weighted by atomic mass is 10.1. The third-order valence-electron chi connectivity index (χ3n) is 3.99. The summed E-state index contributed by atoms with van der Waals surface area (Å²) >= 11 is 3.29. The molecule has 1 aliphatic rings. The first-order valence-electron chi connectivity index (χ1n) is 7.04. The molecular formula is C15H22BrFN2. The highest BCUT2D eigenvalue weighted by molar-refractivity contribution is 9.10. The van der Waals surface area contributed by atoms with Crippen LogP contribution >= 0.6 is 15.9 Å². The van der Waals surface area contributed by atoms with E-state index in [0.29, 0.717) is 6.04 Å². The first-order valence-corrected chi connectivity index (χ1v) is 7.83. The van der Waals surface area contributed by atoms with E-state index in [1.54, 1.807) is 0 Å². The van der Waals surface area contributed by atoms with E-state index in [1.165, 1.54) is 25.5 Å². The first-order chi connectivity index (χ1) is 9.11. The Morgan fingerprint density at radius 3 is 3.00 bits per heavy atom. The molecule has 106 valence electrons. The van der Waals surface area contributed by atoms with Gasteiger partial charge in [0.15, 0.2) is 0 Å². The minimum atomic E-state index is -0.145. The molecule has 0 amide bonds. The van der Waals surface area contributed by atoms with Crippen molar-refractivity contribution in [1.29, 1.82) is 0 Å². The normalized spacial score (nSPS) is 21.8.